The minimum absolute atomic E-state index is 0.433. The molecule has 1 aliphatic carbocycles. The van der Waals surface area contributed by atoms with E-state index >= 15 is 0 Å². The summed E-state index contributed by atoms with van der Waals surface area (Å²) >= 11 is 5.38. The highest BCUT2D eigenvalue weighted by Crippen LogP contribution is 2.34. The van der Waals surface area contributed by atoms with Gasteiger partial charge in [-0.2, -0.15) is 0 Å². The first-order valence-corrected chi connectivity index (χ1v) is 8.11. The zero-order chi connectivity index (χ0) is 13.0. The maximum absolute atomic E-state index is 5.92. The Morgan fingerprint density at radius 1 is 1.44 bits per heavy atom. The van der Waals surface area contributed by atoms with E-state index in [1.54, 1.807) is 11.9 Å². The minimum atomic E-state index is 0.433. The fourth-order valence-electron chi connectivity index (χ4n) is 1.84. The number of nitrogens with zero attached hydrogens (tertiary/aromatic N) is 1. The van der Waals surface area contributed by atoms with Gasteiger partial charge in [0.25, 0.3) is 0 Å². The lowest BCUT2D eigenvalue weighted by atomic mass is 9.96. The van der Waals surface area contributed by atoms with E-state index in [-0.39, 0.29) is 0 Å². The Morgan fingerprint density at radius 3 is 2.78 bits per heavy atom. The quantitative estimate of drug-likeness (QED) is 0.700. The van der Waals surface area contributed by atoms with Crippen molar-refractivity contribution in [1.82, 2.24) is 4.31 Å². The lowest BCUT2D eigenvalue weighted by Crippen LogP contribution is -2.24. The molecule has 0 spiro atoms. The van der Waals surface area contributed by atoms with Crippen LogP contribution < -0.4 is 4.74 Å². The Morgan fingerprint density at radius 2 is 2.22 bits per heavy atom. The maximum atomic E-state index is 5.92. The van der Waals surface area contributed by atoms with Crippen LogP contribution in [0.3, 0.4) is 0 Å². The largest absolute Gasteiger partial charge is 0.489 e. The van der Waals surface area contributed by atoms with Gasteiger partial charge in [0.1, 0.15) is 5.75 Å². The molecule has 0 amide bonds. The molecular weight excluding hydrogens is 310 g/mol. The SMILES string of the molecule is CCCN(C)Sc1ccc(OC2CCC2)c(Br)c1. The predicted octanol–water partition coefficient (Wildman–Crippen LogP) is 4.73. The number of halogens is 1. The summed E-state index contributed by atoms with van der Waals surface area (Å²) in [5.41, 5.74) is 0. The van der Waals surface area contributed by atoms with Crippen LogP contribution in [0, 0.1) is 0 Å². The van der Waals surface area contributed by atoms with Crippen LogP contribution in [0.15, 0.2) is 27.6 Å². The molecule has 0 heterocycles. The van der Waals surface area contributed by atoms with Gasteiger partial charge in [0.15, 0.2) is 0 Å². The average molecular weight is 330 g/mol. The van der Waals surface area contributed by atoms with Crippen molar-refractivity contribution in [1.29, 1.82) is 0 Å². The van der Waals surface area contributed by atoms with Crippen molar-refractivity contribution in [2.45, 2.75) is 43.6 Å². The van der Waals surface area contributed by atoms with Crippen molar-refractivity contribution >= 4 is 27.9 Å². The smallest absolute Gasteiger partial charge is 0.133 e. The van der Waals surface area contributed by atoms with Gasteiger partial charge in [0, 0.05) is 11.4 Å². The van der Waals surface area contributed by atoms with E-state index in [1.807, 2.05) is 0 Å². The molecule has 0 unspecified atom stereocenters. The van der Waals surface area contributed by atoms with E-state index in [1.165, 1.54) is 30.6 Å². The van der Waals surface area contributed by atoms with E-state index in [4.69, 9.17) is 4.74 Å². The molecule has 0 saturated heterocycles. The Kier molecular flexibility index (Phi) is 5.39. The number of ether oxygens (including phenoxy) is 1. The Bertz CT molecular complexity index is 395. The first-order chi connectivity index (χ1) is 8.69. The van der Waals surface area contributed by atoms with Crippen molar-refractivity contribution in [3.63, 3.8) is 0 Å². The molecule has 0 aromatic heterocycles. The number of hydrogen-bond donors (Lipinski definition) is 0. The van der Waals surface area contributed by atoms with Gasteiger partial charge in [-0.15, -0.1) is 0 Å². The third-order valence-corrected chi connectivity index (χ3v) is 4.63. The zero-order valence-corrected chi connectivity index (χ0v) is 13.4. The molecule has 0 aliphatic heterocycles. The van der Waals surface area contributed by atoms with Gasteiger partial charge in [-0.1, -0.05) is 6.92 Å². The lowest BCUT2D eigenvalue weighted by Gasteiger charge is -2.27. The van der Waals surface area contributed by atoms with Crippen molar-refractivity contribution in [2.75, 3.05) is 13.6 Å². The van der Waals surface area contributed by atoms with Gasteiger partial charge in [-0.3, -0.25) is 0 Å². The molecule has 1 saturated carbocycles. The molecule has 0 bridgehead atoms. The summed E-state index contributed by atoms with van der Waals surface area (Å²) in [6.07, 6.45) is 5.30. The fourth-order valence-corrected chi connectivity index (χ4v) is 3.40. The summed E-state index contributed by atoms with van der Waals surface area (Å²) in [5, 5.41) is 0. The number of benzene rings is 1. The van der Waals surface area contributed by atoms with Crippen LogP contribution in [-0.2, 0) is 0 Å². The highest BCUT2D eigenvalue weighted by molar-refractivity contribution is 9.10. The molecule has 1 aromatic rings. The first kappa shape index (κ1) is 14.2. The van der Waals surface area contributed by atoms with Crippen LogP contribution >= 0.6 is 27.9 Å². The molecule has 1 aromatic carbocycles. The second-order valence-electron chi connectivity index (χ2n) is 4.71. The molecular formula is C14H20BrNOS. The predicted molar refractivity (Wildman–Crippen MR) is 81.2 cm³/mol. The zero-order valence-electron chi connectivity index (χ0n) is 11.0. The van der Waals surface area contributed by atoms with Crippen molar-refractivity contribution in [3.05, 3.63) is 22.7 Å². The standard InChI is InChI=1S/C14H20BrNOS/c1-3-9-16(2)18-12-7-8-14(13(15)10-12)17-11-5-4-6-11/h7-8,10-11H,3-6,9H2,1-2H3. The molecule has 100 valence electrons. The number of hydrogen-bond acceptors (Lipinski definition) is 3. The molecule has 1 fully saturated rings. The Hall–Kier alpha value is -0.190. The Labute approximate surface area is 122 Å². The summed E-state index contributed by atoms with van der Waals surface area (Å²) in [6, 6.07) is 6.35. The topological polar surface area (TPSA) is 12.5 Å². The molecule has 2 rings (SSSR count). The molecule has 0 N–H and O–H groups in total. The van der Waals surface area contributed by atoms with Crippen LogP contribution in [0.25, 0.3) is 0 Å². The summed E-state index contributed by atoms with van der Waals surface area (Å²) in [5.74, 6) is 0.974. The van der Waals surface area contributed by atoms with Crippen LogP contribution in [0.1, 0.15) is 32.6 Å². The fraction of sp³-hybridized carbons (Fsp3) is 0.571. The summed E-state index contributed by atoms with van der Waals surface area (Å²) < 4.78 is 9.24. The van der Waals surface area contributed by atoms with Crippen LogP contribution in [-0.4, -0.2) is 24.0 Å². The highest BCUT2D eigenvalue weighted by atomic mass is 79.9. The van der Waals surface area contributed by atoms with Crippen molar-refractivity contribution in [3.8, 4) is 5.75 Å². The van der Waals surface area contributed by atoms with E-state index in [0.29, 0.717) is 6.10 Å². The minimum Gasteiger partial charge on any atom is -0.489 e. The monoisotopic (exact) mass is 329 g/mol. The molecule has 0 atom stereocenters. The highest BCUT2D eigenvalue weighted by Gasteiger charge is 2.20. The first-order valence-electron chi connectivity index (χ1n) is 6.54. The van der Waals surface area contributed by atoms with Crippen LogP contribution in [0.5, 0.6) is 5.75 Å². The van der Waals surface area contributed by atoms with E-state index in [2.05, 4.69) is 52.4 Å². The molecule has 0 radical (unpaired) electrons. The second kappa shape index (κ2) is 6.83. The van der Waals surface area contributed by atoms with E-state index in [9.17, 15) is 0 Å². The normalized spacial score (nSPS) is 15.8. The average Bonchev–Trinajstić information content (AvgIpc) is 2.26. The lowest BCUT2D eigenvalue weighted by molar-refractivity contribution is 0.119. The molecule has 18 heavy (non-hydrogen) atoms. The van der Waals surface area contributed by atoms with Crippen molar-refractivity contribution < 1.29 is 4.74 Å². The summed E-state index contributed by atoms with van der Waals surface area (Å²) in [4.78, 5) is 1.25. The van der Waals surface area contributed by atoms with Crippen LogP contribution in [0.2, 0.25) is 0 Å². The van der Waals surface area contributed by atoms with Gasteiger partial charge in [0.05, 0.1) is 10.6 Å². The van der Waals surface area contributed by atoms with Gasteiger partial charge >= 0.3 is 0 Å². The van der Waals surface area contributed by atoms with E-state index < -0.39 is 0 Å². The molecule has 1 aliphatic rings. The summed E-state index contributed by atoms with van der Waals surface area (Å²) in [7, 11) is 2.13. The molecule has 4 heteroatoms. The second-order valence-corrected chi connectivity index (χ2v) is 6.84. The number of rotatable bonds is 6. The summed E-state index contributed by atoms with van der Waals surface area (Å²) in [6.45, 7) is 3.30. The van der Waals surface area contributed by atoms with Gasteiger partial charge < -0.3 is 4.74 Å². The maximum Gasteiger partial charge on any atom is 0.133 e. The van der Waals surface area contributed by atoms with Gasteiger partial charge in [0.2, 0.25) is 0 Å². The third-order valence-electron chi connectivity index (χ3n) is 3.05. The van der Waals surface area contributed by atoms with Crippen LogP contribution in [0.4, 0.5) is 0 Å². The third kappa shape index (κ3) is 3.90. The van der Waals surface area contributed by atoms with E-state index in [0.717, 1.165) is 16.8 Å². The Balaban J connectivity index is 1.95. The molecule has 2 nitrogen and oxygen atoms in total. The van der Waals surface area contributed by atoms with Gasteiger partial charge in [-0.25, -0.2) is 4.31 Å². The van der Waals surface area contributed by atoms with Crippen molar-refractivity contribution in [2.24, 2.45) is 0 Å². The van der Waals surface area contributed by atoms with Gasteiger partial charge in [-0.05, 0) is 78.8 Å².